The van der Waals surface area contributed by atoms with Gasteiger partial charge in [-0.1, -0.05) is 6.58 Å². The van der Waals surface area contributed by atoms with Gasteiger partial charge in [0.05, 0.1) is 32.7 Å². The van der Waals surface area contributed by atoms with Gasteiger partial charge in [-0.3, -0.25) is 14.6 Å². The summed E-state index contributed by atoms with van der Waals surface area (Å²) in [7, 11) is 4.77. The number of aryl methyl sites for hydroxylation is 1. The van der Waals surface area contributed by atoms with Crippen LogP contribution < -0.4 is 14.8 Å². The van der Waals surface area contributed by atoms with Gasteiger partial charge in [-0.05, 0) is 18.9 Å². The highest BCUT2D eigenvalue weighted by Gasteiger charge is 2.48. The minimum absolute atomic E-state index is 0.129. The zero-order chi connectivity index (χ0) is 23.3. The average molecular weight is 453 g/mol. The molecular formula is C23H24FN5O4. The molecule has 1 aliphatic carbocycles. The van der Waals surface area contributed by atoms with Crippen LogP contribution in [0.25, 0.3) is 11.4 Å². The van der Waals surface area contributed by atoms with Crippen molar-refractivity contribution in [1.29, 1.82) is 0 Å². The number of nitrogens with zero attached hydrogens (tertiary/aromatic N) is 3. The number of hydrogen-bond donors (Lipinski definition) is 2. The SMILES string of the molecule is C=CC(=O)Nc1cnn(C)c1-c1n[nH]c2c1CCC1(C2)OCc2c(OC)cc(OC)c(F)c21. The minimum atomic E-state index is -0.843. The molecule has 0 radical (unpaired) electrons. The average Bonchev–Trinajstić information content (AvgIpc) is 3.50. The summed E-state index contributed by atoms with van der Waals surface area (Å²) in [5.74, 6) is -0.0743. The largest absolute Gasteiger partial charge is 0.496 e. The summed E-state index contributed by atoms with van der Waals surface area (Å²) in [6.45, 7) is 3.75. The third-order valence-corrected chi connectivity index (χ3v) is 6.49. The van der Waals surface area contributed by atoms with Gasteiger partial charge in [0.1, 0.15) is 22.7 Å². The van der Waals surface area contributed by atoms with Crippen LogP contribution in [0.1, 0.15) is 28.8 Å². The van der Waals surface area contributed by atoms with Crippen molar-refractivity contribution >= 4 is 11.6 Å². The summed E-state index contributed by atoms with van der Waals surface area (Å²) in [6, 6.07) is 1.56. The number of aromatic nitrogens is 4. The van der Waals surface area contributed by atoms with E-state index in [0.29, 0.717) is 53.2 Å². The molecule has 0 saturated carbocycles. The van der Waals surface area contributed by atoms with E-state index < -0.39 is 11.4 Å². The van der Waals surface area contributed by atoms with Crippen molar-refractivity contribution in [2.45, 2.75) is 31.5 Å². The summed E-state index contributed by atoms with van der Waals surface area (Å²) >= 11 is 0. The number of benzene rings is 1. The molecule has 3 aromatic rings. The van der Waals surface area contributed by atoms with Crippen LogP contribution >= 0.6 is 0 Å². The fourth-order valence-corrected chi connectivity index (χ4v) is 4.92. The number of amides is 1. The first-order valence-corrected chi connectivity index (χ1v) is 10.5. The second-order valence-electron chi connectivity index (χ2n) is 8.16. The Kier molecular flexibility index (Phi) is 4.97. The highest BCUT2D eigenvalue weighted by molar-refractivity contribution is 6.01. The zero-order valence-electron chi connectivity index (χ0n) is 18.6. The van der Waals surface area contributed by atoms with Gasteiger partial charge in [-0.15, -0.1) is 0 Å². The first-order valence-electron chi connectivity index (χ1n) is 10.5. The van der Waals surface area contributed by atoms with Crippen molar-refractivity contribution in [3.05, 3.63) is 53.1 Å². The van der Waals surface area contributed by atoms with Crippen LogP contribution in [-0.2, 0) is 41.6 Å². The Balaban J connectivity index is 1.56. The van der Waals surface area contributed by atoms with Crippen LogP contribution in [0.3, 0.4) is 0 Å². The van der Waals surface area contributed by atoms with E-state index in [1.165, 1.54) is 13.2 Å². The third kappa shape index (κ3) is 3.12. The molecule has 1 aliphatic heterocycles. The van der Waals surface area contributed by atoms with Crippen molar-refractivity contribution in [3.63, 3.8) is 0 Å². The lowest BCUT2D eigenvalue weighted by Gasteiger charge is -2.33. The molecule has 0 fully saturated rings. The molecule has 1 atom stereocenters. The van der Waals surface area contributed by atoms with E-state index in [1.807, 2.05) is 0 Å². The minimum Gasteiger partial charge on any atom is -0.496 e. The number of anilines is 1. The van der Waals surface area contributed by atoms with Crippen molar-refractivity contribution in [1.82, 2.24) is 20.0 Å². The topological polar surface area (TPSA) is 103 Å². The molecule has 1 unspecified atom stereocenters. The number of aromatic amines is 1. The van der Waals surface area contributed by atoms with E-state index >= 15 is 4.39 Å². The van der Waals surface area contributed by atoms with Crippen molar-refractivity contribution in [2.24, 2.45) is 7.05 Å². The van der Waals surface area contributed by atoms with Crippen molar-refractivity contribution in [2.75, 3.05) is 19.5 Å². The van der Waals surface area contributed by atoms with Gasteiger partial charge in [-0.25, -0.2) is 4.39 Å². The van der Waals surface area contributed by atoms with E-state index in [4.69, 9.17) is 14.2 Å². The second-order valence-corrected chi connectivity index (χ2v) is 8.16. The number of carbonyl (C=O) groups is 1. The predicted molar refractivity (Wildman–Crippen MR) is 118 cm³/mol. The Morgan fingerprint density at radius 2 is 2.15 bits per heavy atom. The molecule has 172 valence electrons. The van der Waals surface area contributed by atoms with Crippen LogP contribution in [0.5, 0.6) is 11.5 Å². The molecule has 1 aromatic carbocycles. The lowest BCUT2D eigenvalue weighted by molar-refractivity contribution is -0.111. The standard InChI is InChI=1S/C23H24FN5O4/c1-5-18(30)26-15-10-25-29(2)22(15)21-12-6-7-23(9-14(12)27-28-21)19-13(11-33-23)16(31-3)8-17(32-4)20(19)24/h5,8,10H,1,6-7,9,11H2,2-4H3,(H,26,30)(H,27,28). The van der Waals surface area contributed by atoms with E-state index in [-0.39, 0.29) is 18.3 Å². The van der Waals surface area contributed by atoms with E-state index in [2.05, 4.69) is 27.2 Å². The third-order valence-electron chi connectivity index (χ3n) is 6.49. The summed E-state index contributed by atoms with van der Waals surface area (Å²) in [6.07, 6.45) is 4.35. The van der Waals surface area contributed by atoms with Crippen LogP contribution in [-0.4, -0.2) is 40.1 Å². The lowest BCUT2D eigenvalue weighted by Crippen LogP contribution is -2.34. The summed E-state index contributed by atoms with van der Waals surface area (Å²) in [4.78, 5) is 11.9. The first-order chi connectivity index (χ1) is 15.9. The number of fused-ring (bicyclic) bond motifs is 3. The van der Waals surface area contributed by atoms with Crippen LogP contribution in [0.4, 0.5) is 10.1 Å². The Bertz CT molecular complexity index is 1280. The maximum absolute atomic E-state index is 15.4. The summed E-state index contributed by atoms with van der Waals surface area (Å²) in [5.41, 5.74) is 4.12. The summed E-state index contributed by atoms with van der Waals surface area (Å²) < 4.78 is 34.1. The Labute approximate surface area is 189 Å². The Morgan fingerprint density at radius 3 is 2.88 bits per heavy atom. The summed E-state index contributed by atoms with van der Waals surface area (Å²) in [5, 5.41) is 14.7. The van der Waals surface area contributed by atoms with Gasteiger partial charge >= 0.3 is 0 Å². The van der Waals surface area contributed by atoms with E-state index in [0.717, 1.165) is 11.3 Å². The molecule has 1 spiro atoms. The normalized spacial score (nSPS) is 18.7. The number of methoxy groups -OCH3 is 2. The molecule has 10 heteroatoms. The van der Waals surface area contributed by atoms with E-state index in [1.54, 1.807) is 31.1 Å². The van der Waals surface area contributed by atoms with Gasteiger partial charge in [0.25, 0.3) is 0 Å². The van der Waals surface area contributed by atoms with Gasteiger partial charge < -0.3 is 19.5 Å². The molecule has 2 aliphatic rings. The number of ether oxygens (including phenoxy) is 3. The maximum atomic E-state index is 15.4. The van der Waals surface area contributed by atoms with Crippen LogP contribution in [0, 0.1) is 5.82 Å². The molecular weight excluding hydrogens is 429 g/mol. The van der Waals surface area contributed by atoms with E-state index in [9.17, 15) is 4.79 Å². The molecule has 2 N–H and O–H groups in total. The molecule has 3 heterocycles. The van der Waals surface area contributed by atoms with Crippen molar-refractivity contribution in [3.8, 4) is 22.9 Å². The molecule has 5 rings (SSSR count). The number of nitrogens with one attached hydrogen (secondary N) is 2. The Morgan fingerprint density at radius 1 is 1.36 bits per heavy atom. The smallest absolute Gasteiger partial charge is 0.247 e. The first kappa shape index (κ1) is 21.2. The highest BCUT2D eigenvalue weighted by atomic mass is 19.1. The molecule has 9 nitrogen and oxygen atoms in total. The van der Waals surface area contributed by atoms with Gasteiger partial charge in [-0.2, -0.15) is 10.2 Å². The molecule has 33 heavy (non-hydrogen) atoms. The second kappa shape index (κ2) is 7.73. The monoisotopic (exact) mass is 453 g/mol. The fourth-order valence-electron chi connectivity index (χ4n) is 4.92. The predicted octanol–water partition coefficient (Wildman–Crippen LogP) is 3.01. The van der Waals surface area contributed by atoms with Crippen LogP contribution in [0.15, 0.2) is 24.9 Å². The molecule has 1 amide bonds. The fraction of sp³-hybridized carbons (Fsp3) is 0.348. The zero-order valence-corrected chi connectivity index (χ0v) is 18.6. The molecule has 2 aromatic heterocycles. The highest BCUT2D eigenvalue weighted by Crippen LogP contribution is 2.51. The number of H-pyrrole nitrogens is 1. The molecule has 0 saturated heterocycles. The quantitative estimate of drug-likeness (QED) is 0.576. The lowest BCUT2D eigenvalue weighted by atomic mass is 9.77. The van der Waals surface area contributed by atoms with Crippen molar-refractivity contribution < 1.29 is 23.4 Å². The Hall–Kier alpha value is -3.66. The number of carbonyl (C=O) groups excluding carboxylic acids is 1. The number of rotatable bonds is 5. The number of hydrogen-bond acceptors (Lipinski definition) is 6. The van der Waals surface area contributed by atoms with Gasteiger partial charge in [0.15, 0.2) is 11.6 Å². The maximum Gasteiger partial charge on any atom is 0.247 e. The van der Waals surface area contributed by atoms with Gasteiger partial charge in [0, 0.05) is 41.9 Å². The van der Waals surface area contributed by atoms with Gasteiger partial charge in [0.2, 0.25) is 5.91 Å². The molecule has 0 bridgehead atoms. The number of halogens is 1. The van der Waals surface area contributed by atoms with Crippen LogP contribution in [0.2, 0.25) is 0 Å².